The van der Waals surface area contributed by atoms with Crippen LogP contribution in [0.1, 0.15) is 18.6 Å². The number of methoxy groups -OCH3 is 1. The van der Waals surface area contributed by atoms with Gasteiger partial charge in [-0.05, 0) is 40.9 Å². The van der Waals surface area contributed by atoms with Gasteiger partial charge in [-0.25, -0.2) is 0 Å². The number of likely N-dealkylation sites (tertiary alicyclic amines) is 1. The van der Waals surface area contributed by atoms with Gasteiger partial charge in [0.05, 0.1) is 19.1 Å². The molecule has 0 bridgehead atoms. The Morgan fingerprint density at radius 2 is 2.29 bits per heavy atom. The Morgan fingerprint density at radius 1 is 1.48 bits per heavy atom. The lowest BCUT2D eigenvalue weighted by atomic mass is 9.96. The maximum atomic E-state index is 12.4. The highest BCUT2D eigenvalue weighted by molar-refractivity contribution is 9.10. The number of nitrogens with one attached hydrogen (secondary N) is 1. The fraction of sp³-hybridized carbons (Fsp3) is 0.667. The number of amides is 1. The molecule has 2 atom stereocenters. The summed E-state index contributed by atoms with van der Waals surface area (Å²) < 4.78 is 11.6. The average molecular weight is 357 g/mol. The zero-order valence-corrected chi connectivity index (χ0v) is 13.8. The van der Waals surface area contributed by atoms with E-state index >= 15 is 0 Å². The third kappa shape index (κ3) is 3.87. The van der Waals surface area contributed by atoms with Crippen LogP contribution < -0.4 is 5.32 Å². The normalized spacial score (nSPS) is 26.2. The van der Waals surface area contributed by atoms with E-state index in [0.717, 1.165) is 42.9 Å². The second kappa shape index (κ2) is 6.50. The topological polar surface area (TPSA) is 54.7 Å². The summed E-state index contributed by atoms with van der Waals surface area (Å²) in [6.45, 7) is 3.00. The first kappa shape index (κ1) is 15.1. The van der Waals surface area contributed by atoms with Gasteiger partial charge in [-0.15, -0.1) is 0 Å². The fourth-order valence-corrected chi connectivity index (χ4v) is 3.30. The van der Waals surface area contributed by atoms with Crippen molar-refractivity contribution in [3.05, 3.63) is 22.6 Å². The van der Waals surface area contributed by atoms with Crippen LogP contribution in [0, 0.1) is 11.8 Å². The van der Waals surface area contributed by atoms with E-state index in [2.05, 4.69) is 26.1 Å². The van der Waals surface area contributed by atoms with Crippen LogP contribution in [0.25, 0.3) is 0 Å². The molecule has 1 aromatic rings. The number of rotatable bonds is 6. The molecule has 0 spiro atoms. The molecule has 1 saturated carbocycles. The van der Waals surface area contributed by atoms with Crippen molar-refractivity contribution < 1.29 is 13.9 Å². The van der Waals surface area contributed by atoms with Crippen molar-refractivity contribution in [2.45, 2.75) is 25.4 Å². The monoisotopic (exact) mass is 356 g/mol. The number of hydrogen-bond donors (Lipinski definition) is 1. The summed E-state index contributed by atoms with van der Waals surface area (Å²) in [5.41, 5.74) is 0. The third-order valence-corrected chi connectivity index (χ3v) is 4.59. The zero-order valence-electron chi connectivity index (χ0n) is 12.2. The molecular formula is C15H21BrN2O3. The minimum absolute atomic E-state index is 0.0175. The first-order valence-electron chi connectivity index (χ1n) is 7.41. The molecule has 21 heavy (non-hydrogen) atoms. The Hall–Kier alpha value is -0.850. The average Bonchev–Trinajstić information content (AvgIpc) is 3.02. The van der Waals surface area contributed by atoms with Gasteiger partial charge in [-0.1, -0.05) is 0 Å². The Bertz CT molecular complexity index is 501. The highest BCUT2D eigenvalue weighted by atomic mass is 79.9. The fourth-order valence-electron chi connectivity index (χ4n) is 2.96. The van der Waals surface area contributed by atoms with Crippen LogP contribution in [0.4, 0.5) is 0 Å². The first-order chi connectivity index (χ1) is 10.2. The van der Waals surface area contributed by atoms with Crippen molar-refractivity contribution in [1.82, 2.24) is 10.2 Å². The van der Waals surface area contributed by atoms with Crippen molar-refractivity contribution in [2.75, 3.05) is 26.8 Å². The zero-order chi connectivity index (χ0) is 14.8. The van der Waals surface area contributed by atoms with Gasteiger partial charge in [0.1, 0.15) is 5.76 Å². The molecule has 1 amide bonds. The van der Waals surface area contributed by atoms with Gasteiger partial charge < -0.3 is 14.5 Å². The quantitative estimate of drug-likeness (QED) is 0.846. The van der Waals surface area contributed by atoms with Crippen LogP contribution in [-0.4, -0.2) is 43.7 Å². The molecule has 5 nitrogen and oxygen atoms in total. The highest BCUT2D eigenvalue weighted by Crippen LogP contribution is 2.28. The molecule has 1 aromatic heterocycles. The van der Waals surface area contributed by atoms with Crippen molar-refractivity contribution in [2.24, 2.45) is 11.8 Å². The van der Waals surface area contributed by atoms with E-state index < -0.39 is 0 Å². The van der Waals surface area contributed by atoms with Crippen molar-refractivity contribution in [3.63, 3.8) is 0 Å². The first-order valence-corrected chi connectivity index (χ1v) is 8.21. The Balaban J connectivity index is 1.60. The Labute approximate surface area is 133 Å². The Morgan fingerprint density at radius 3 is 2.90 bits per heavy atom. The summed E-state index contributed by atoms with van der Waals surface area (Å²) in [5.74, 6) is 1.38. The van der Waals surface area contributed by atoms with E-state index in [-0.39, 0.29) is 17.7 Å². The minimum atomic E-state index is 0.0175. The predicted molar refractivity (Wildman–Crippen MR) is 81.7 cm³/mol. The van der Waals surface area contributed by atoms with E-state index in [1.54, 1.807) is 7.11 Å². The molecule has 3 rings (SSSR count). The number of furan rings is 1. The van der Waals surface area contributed by atoms with Crippen LogP contribution in [0.15, 0.2) is 21.2 Å². The van der Waals surface area contributed by atoms with Gasteiger partial charge in [0.25, 0.3) is 0 Å². The number of ether oxygens (including phenoxy) is 1. The summed E-state index contributed by atoms with van der Waals surface area (Å²) in [4.78, 5) is 14.6. The van der Waals surface area contributed by atoms with Crippen LogP contribution >= 0.6 is 15.9 Å². The standard InChI is InChI=1S/C15H21BrN2O3/c1-20-9-10-6-18(7-12-4-5-14(16)21-12)8-13(10)15(19)17-11-2-3-11/h4-5,10-11,13H,2-3,6-9H2,1H3,(H,17,19). The Kier molecular flexibility index (Phi) is 4.66. The largest absolute Gasteiger partial charge is 0.453 e. The lowest BCUT2D eigenvalue weighted by Gasteiger charge is -2.16. The van der Waals surface area contributed by atoms with E-state index in [9.17, 15) is 4.79 Å². The maximum absolute atomic E-state index is 12.4. The summed E-state index contributed by atoms with van der Waals surface area (Å²) in [7, 11) is 1.70. The summed E-state index contributed by atoms with van der Waals surface area (Å²) in [6.07, 6.45) is 2.25. The highest BCUT2D eigenvalue weighted by Gasteiger charge is 2.39. The SMILES string of the molecule is COCC1CN(Cc2ccc(Br)o2)CC1C(=O)NC1CC1. The van der Waals surface area contributed by atoms with E-state index in [1.807, 2.05) is 12.1 Å². The number of halogens is 1. The van der Waals surface area contributed by atoms with Crippen LogP contribution in [0.3, 0.4) is 0 Å². The van der Waals surface area contributed by atoms with Crippen LogP contribution in [0.5, 0.6) is 0 Å². The van der Waals surface area contributed by atoms with Crippen molar-refractivity contribution in [1.29, 1.82) is 0 Å². The van der Waals surface area contributed by atoms with Crippen molar-refractivity contribution >= 4 is 21.8 Å². The molecule has 1 aliphatic heterocycles. The molecule has 1 saturated heterocycles. The lowest BCUT2D eigenvalue weighted by Crippen LogP contribution is -2.37. The number of carbonyl (C=O) groups is 1. The maximum Gasteiger partial charge on any atom is 0.225 e. The number of nitrogens with zero attached hydrogens (tertiary/aromatic N) is 1. The van der Waals surface area contributed by atoms with Gasteiger partial charge in [0.15, 0.2) is 4.67 Å². The summed E-state index contributed by atoms with van der Waals surface area (Å²) >= 11 is 3.32. The minimum Gasteiger partial charge on any atom is -0.453 e. The second-order valence-electron chi connectivity index (χ2n) is 6.00. The van der Waals surface area contributed by atoms with Gasteiger partial charge in [0.2, 0.25) is 5.91 Å². The van der Waals surface area contributed by atoms with E-state index in [4.69, 9.17) is 9.15 Å². The molecule has 2 aliphatic rings. The number of hydrogen-bond acceptors (Lipinski definition) is 4. The van der Waals surface area contributed by atoms with Crippen LogP contribution in [-0.2, 0) is 16.1 Å². The van der Waals surface area contributed by atoms with Gasteiger partial charge in [-0.2, -0.15) is 0 Å². The molecular weight excluding hydrogens is 336 g/mol. The van der Waals surface area contributed by atoms with Crippen molar-refractivity contribution in [3.8, 4) is 0 Å². The predicted octanol–water partition coefficient (Wildman–Crippen LogP) is 2.02. The smallest absolute Gasteiger partial charge is 0.225 e. The molecule has 0 radical (unpaired) electrons. The third-order valence-electron chi connectivity index (χ3n) is 4.17. The molecule has 2 heterocycles. The molecule has 116 valence electrons. The molecule has 1 N–H and O–H groups in total. The molecule has 2 unspecified atom stereocenters. The van der Waals surface area contributed by atoms with E-state index in [0.29, 0.717) is 12.6 Å². The van der Waals surface area contributed by atoms with Crippen LogP contribution in [0.2, 0.25) is 0 Å². The second-order valence-corrected chi connectivity index (χ2v) is 6.79. The molecule has 6 heteroatoms. The van der Waals surface area contributed by atoms with Gasteiger partial charge >= 0.3 is 0 Å². The molecule has 2 fully saturated rings. The lowest BCUT2D eigenvalue weighted by molar-refractivity contribution is -0.126. The van der Waals surface area contributed by atoms with Gasteiger partial charge in [-0.3, -0.25) is 9.69 Å². The summed E-state index contributed by atoms with van der Waals surface area (Å²) in [5, 5.41) is 3.12. The van der Waals surface area contributed by atoms with E-state index in [1.165, 1.54) is 0 Å². The molecule has 0 aromatic carbocycles. The van der Waals surface area contributed by atoms with Gasteiger partial charge in [0, 0.05) is 32.2 Å². The number of carbonyl (C=O) groups excluding carboxylic acids is 1. The summed E-state index contributed by atoms with van der Waals surface area (Å²) in [6, 6.07) is 4.28. The molecule has 1 aliphatic carbocycles.